The quantitative estimate of drug-likeness (QED) is 0.314. The highest BCUT2D eigenvalue weighted by Crippen LogP contribution is 2.27. The van der Waals surface area contributed by atoms with Crippen LogP contribution in [0.25, 0.3) is 0 Å². The number of rotatable bonds is 5. The van der Waals surface area contributed by atoms with Gasteiger partial charge in [0.15, 0.2) is 0 Å². The van der Waals surface area contributed by atoms with E-state index in [-0.39, 0.29) is 0 Å². The molecule has 0 aromatic heterocycles. The van der Waals surface area contributed by atoms with Crippen LogP contribution in [0.1, 0.15) is 46.5 Å². The number of hydrazine groups is 1. The van der Waals surface area contributed by atoms with Crippen LogP contribution in [0.4, 0.5) is 0 Å². The number of guanidine groups is 1. The van der Waals surface area contributed by atoms with E-state index in [1.165, 1.54) is 25.7 Å². The molecule has 4 nitrogen and oxygen atoms in total. The molecule has 0 heterocycles. The van der Waals surface area contributed by atoms with Gasteiger partial charge < -0.3 is 4.90 Å². The number of aliphatic imine (C=N–C) groups is 1. The van der Waals surface area contributed by atoms with Crippen molar-refractivity contribution >= 4 is 5.96 Å². The maximum atomic E-state index is 5.54. The van der Waals surface area contributed by atoms with Gasteiger partial charge in [-0.3, -0.25) is 5.43 Å². The van der Waals surface area contributed by atoms with Crippen LogP contribution in [0.5, 0.6) is 0 Å². The number of unbranched alkanes of at least 4 members (excludes halogenated alkanes) is 1. The Hall–Kier alpha value is -0.770. The van der Waals surface area contributed by atoms with E-state index in [0.717, 1.165) is 12.5 Å². The summed E-state index contributed by atoms with van der Waals surface area (Å²) in [6.07, 6.45) is 4.98. The Kier molecular flexibility index (Phi) is 4.88. The van der Waals surface area contributed by atoms with E-state index in [2.05, 4.69) is 36.1 Å². The lowest BCUT2D eigenvalue weighted by molar-refractivity contribution is 0.382. The third kappa shape index (κ3) is 4.08. The molecule has 1 rings (SSSR count). The lowest BCUT2D eigenvalue weighted by Gasteiger charge is -2.25. The van der Waals surface area contributed by atoms with Crippen LogP contribution < -0.4 is 11.3 Å². The van der Waals surface area contributed by atoms with Gasteiger partial charge >= 0.3 is 0 Å². The van der Waals surface area contributed by atoms with Gasteiger partial charge in [-0.1, -0.05) is 13.3 Å². The van der Waals surface area contributed by atoms with Gasteiger partial charge in [0.05, 0.1) is 0 Å². The Morgan fingerprint density at radius 1 is 1.53 bits per heavy atom. The third-order valence-corrected chi connectivity index (χ3v) is 2.52. The molecule has 1 fully saturated rings. The van der Waals surface area contributed by atoms with Crippen molar-refractivity contribution in [3.8, 4) is 0 Å². The summed E-state index contributed by atoms with van der Waals surface area (Å²) < 4.78 is 0. The Balaban J connectivity index is 2.58. The van der Waals surface area contributed by atoms with Gasteiger partial charge in [-0.25, -0.2) is 10.8 Å². The van der Waals surface area contributed by atoms with E-state index >= 15 is 0 Å². The predicted molar refractivity (Wildman–Crippen MR) is 64.5 cm³/mol. The zero-order valence-electron chi connectivity index (χ0n) is 10.2. The minimum atomic E-state index is 0.291. The first-order valence-electron chi connectivity index (χ1n) is 6.00. The molecule has 15 heavy (non-hydrogen) atoms. The van der Waals surface area contributed by atoms with Crippen molar-refractivity contribution in [3.63, 3.8) is 0 Å². The van der Waals surface area contributed by atoms with E-state index in [1.54, 1.807) is 0 Å². The third-order valence-electron chi connectivity index (χ3n) is 2.52. The molecular weight excluding hydrogens is 188 g/mol. The molecule has 1 saturated carbocycles. The molecule has 0 radical (unpaired) electrons. The lowest BCUT2D eigenvalue weighted by Crippen LogP contribution is -2.46. The van der Waals surface area contributed by atoms with Gasteiger partial charge in [-0.05, 0) is 33.1 Å². The second-order valence-corrected chi connectivity index (χ2v) is 4.47. The summed E-state index contributed by atoms with van der Waals surface area (Å²) in [7, 11) is 0. The van der Waals surface area contributed by atoms with Crippen LogP contribution in [0, 0.1) is 0 Å². The van der Waals surface area contributed by atoms with Crippen LogP contribution in [-0.2, 0) is 0 Å². The second-order valence-electron chi connectivity index (χ2n) is 4.47. The smallest absolute Gasteiger partial charge is 0.208 e. The van der Waals surface area contributed by atoms with Crippen molar-refractivity contribution in [2.45, 2.75) is 58.5 Å². The minimum absolute atomic E-state index is 0.291. The predicted octanol–water partition coefficient (Wildman–Crippen LogP) is 1.48. The highest BCUT2D eigenvalue weighted by atomic mass is 15.4. The molecule has 0 aromatic rings. The maximum Gasteiger partial charge on any atom is 0.208 e. The zero-order valence-corrected chi connectivity index (χ0v) is 10.2. The molecule has 0 bridgehead atoms. The molecule has 1 aliphatic carbocycles. The van der Waals surface area contributed by atoms with Gasteiger partial charge in [0.1, 0.15) is 0 Å². The van der Waals surface area contributed by atoms with E-state index in [9.17, 15) is 0 Å². The zero-order chi connectivity index (χ0) is 11.3. The monoisotopic (exact) mass is 212 g/mol. The van der Waals surface area contributed by atoms with Crippen LogP contribution in [0.3, 0.4) is 0 Å². The number of nitrogens with one attached hydrogen (secondary N) is 1. The summed E-state index contributed by atoms with van der Waals surface area (Å²) in [5, 5.41) is 0. The Bertz CT molecular complexity index is 209. The molecule has 88 valence electrons. The van der Waals surface area contributed by atoms with Crippen LogP contribution in [0.2, 0.25) is 0 Å². The molecule has 0 amide bonds. The van der Waals surface area contributed by atoms with Crippen LogP contribution in [0.15, 0.2) is 4.99 Å². The lowest BCUT2D eigenvalue weighted by atomic mass is 10.3. The first kappa shape index (κ1) is 12.3. The molecule has 4 heteroatoms. The Morgan fingerprint density at radius 2 is 2.20 bits per heavy atom. The van der Waals surface area contributed by atoms with Crippen molar-refractivity contribution in [2.75, 3.05) is 6.54 Å². The van der Waals surface area contributed by atoms with E-state index in [4.69, 9.17) is 5.84 Å². The standard InChI is InChI=1S/C11H24N4/c1-4-5-8-15(10-6-7-10)11(14-12)13-9(2)3/h9-10H,4-8,12H2,1-3H3,(H,13,14). The number of nitrogens with two attached hydrogens (primary N) is 1. The Labute approximate surface area is 92.9 Å². The van der Waals surface area contributed by atoms with E-state index in [1.807, 2.05) is 0 Å². The number of hydrogen-bond acceptors (Lipinski definition) is 2. The van der Waals surface area contributed by atoms with Gasteiger partial charge in [-0.15, -0.1) is 0 Å². The largest absolute Gasteiger partial charge is 0.339 e. The van der Waals surface area contributed by atoms with Crippen molar-refractivity contribution in [3.05, 3.63) is 0 Å². The summed E-state index contributed by atoms with van der Waals surface area (Å²) in [6, 6.07) is 0.962. The highest BCUT2D eigenvalue weighted by molar-refractivity contribution is 5.80. The first-order chi connectivity index (χ1) is 7.19. The average molecular weight is 212 g/mol. The fourth-order valence-electron chi connectivity index (χ4n) is 1.61. The maximum absolute atomic E-state index is 5.54. The van der Waals surface area contributed by atoms with Crippen molar-refractivity contribution < 1.29 is 0 Å². The van der Waals surface area contributed by atoms with E-state index in [0.29, 0.717) is 12.1 Å². The molecule has 0 aromatic carbocycles. The van der Waals surface area contributed by atoms with Crippen LogP contribution >= 0.6 is 0 Å². The number of nitrogens with zero attached hydrogens (tertiary/aromatic N) is 2. The molecule has 0 unspecified atom stereocenters. The summed E-state index contributed by atoms with van der Waals surface area (Å²) in [6.45, 7) is 7.42. The summed E-state index contributed by atoms with van der Waals surface area (Å²) in [5.74, 6) is 6.40. The summed E-state index contributed by atoms with van der Waals surface area (Å²) in [5.41, 5.74) is 2.74. The highest BCUT2D eigenvalue weighted by Gasteiger charge is 2.30. The minimum Gasteiger partial charge on any atom is -0.339 e. The van der Waals surface area contributed by atoms with Crippen molar-refractivity contribution in [2.24, 2.45) is 10.8 Å². The normalized spacial score (nSPS) is 17.0. The molecular formula is C11H24N4. The Morgan fingerprint density at radius 3 is 2.60 bits per heavy atom. The molecule has 3 N–H and O–H groups in total. The van der Waals surface area contributed by atoms with Gasteiger partial charge in [-0.2, -0.15) is 0 Å². The van der Waals surface area contributed by atoms with Crippen LogP contribution in [-0.4, -0.2) is 29.5 Å². The van der Waals surface area contributed by atoms with E-state index < -0.39 is 0 Å². The molecule has 0 spiro atoms. The molecule has 0 aliphatic heterocycles. The fraction of sp³-hybridized carbons (Fsp3) is 0.909. The molecule has 1 aliphatic rings. The van der Waals surface area contributed by atoms with Gasteiger partial charge in [0, 0.05) is 18.6 Å². The van der Waals surface area contributed by atoms with Crippen molar-refractivity contribution in [1.82, 2.24) is 10.3 Å². The average Bonchev–Trinajstić information content (AvgIpc) is 3.00. The second kappa shape index (κ2) is 5.95. The summed E-state index contributed by atoms with van der Waals surface area (Å²) in [4.78, 5) is 6.84. The number of hydrogen-bond donors (Lipinski definition) is 2. The van der Waals surface area contributed by atoms with Gasteiger partial charge in [0.2, 0.25) is 5.96 Å². The van der Waals surface area contributed by atoms with Gasteiger partial charge in [0.25, 0.3) is 0 Å². The topological polar surface area (TPSA) is 53.6 Å². The summed E-state index contributed by atoms with van der Waals surface area (Å²) >= 11 is 0. The van der Waals surface area contributed by atoms with Crippen molar-refractivity contribution in [1.29, 1.82) is 0 Å². The SMILES string of the molecule is CCCCN(C(=NC(C)C)NN)C1CC1. The fourth-order valence-corrected chi connectivity index (χ4v) is 1.61. The molecule has 0 saturated heterocycles. The first-order valence-corrected chi connectivity index (χ1v) is 6.00. The molecule has 0 atom stereocenters.